The van der Waals surface area contributed by atoms with Gasteiger partial charge in [0.15, 0.2) is 0 Å². The molecule has 0 N–H and O–H groups in total. The van der Waals surface area contributed by atoms with Gasteiger partial charge in [-0.3, -0.25) is 0 Å². The maximum absolute atomic E-state index is 11.1. The second kappa shape index (κ2) is 3.50. The van der Waals surface area contributed by atoms with E-state index in [4.69, 9.17) is 9.47 Å². The van der Waals surface area contributed by atoms with Gasteiger partial charge in [-0.25, -0.2) is 4.79 Å². The molecule has 3 heteroatoms. The van der Waals surface area contributed by atoms with Crippen molar-refractivity contribution in [2.45, 2.75) is 26.9 Å². The minimum absolute atomic E-state index is 0.0783. The van der Waals surface area contributed by atoms with Gasteiger partial charge in [0.2, 0.25) is 0 Å². The number of epoxide rings is 1. The van der Waals surface area contributed by atoms with Crippen LogP contribution in [0, 0.1) is 5.41 Å². The Morgan fingerprint density at radius 3 is 2.62 bits per heavy atom. The highest BCUT2D eigenvalue weighted by atomic mass is 16.6. The highest BCUT2D eigenvalue weighted by molar-refractivity contribution is 5.86. The fourth-order valence-corrected chi connectivity index (χ4v) is 0.967. The number of carbonyl (C=O) groups excluding carboxylic acids is 1. The standard InChI is InChI=1S/C10H16O3/c1-7(2)9(11)13-6-10(3,4)8-5-12-8/h8H,1,5-6H2,2-4H3. The lowest BCUT2D eigenvalue weighted by molar-refractivity contribution is -0.142. The molecule has 3 nitrogen and oxygen atoms in total. The van der Waals surface area contributed by atoms with Gasteiger partial charge in [0.25, 0.3) is 0 Å². The van der Waals surface area contributed by atoms with Gasteiger partial charge in [0.05, 0.1) is 19.3 Å². The Labute approximate surface area is 78.7 Å². The molecule has 0 radical (unpaired) electrons. The van der Waals surface area contributed by atoms with Crippen LogP contribution < -0.4 is 0 Å². The van der Waals surface area contributed by atoms with E-state index in [0.29, 0.717) is 12.2 Å². The van der Waals surface area contributed by atoms with Crippen LogP contribution in [0.2, 0.25) is 0 Å². The summed E-state index contributed by atoms with van der Waals surface area (Å²) in [5, 5.41) is 0. The molecule has 1 atom stereocenters. The molecule has 0 spiro atoms. The van der Waals surface area contributed by atoms with Crippen LogP contribution in [0.4, 0.5) is 0 Å². The van der Waals surface area contributed by atoms with Crippen molar-refractivity contribution >= 4 is 5.97 Å². The summed E-state index contributed by atoms with van der Waals surface area (Å²) in [6.45, 7) is 10.4. The van der Waals surface area contributed by atoms with E-state index in [2.05, 4.69) is 6.58 Å². The summed E-state index contributed by atoms with van der Waals surface area (Å²) in [4.78, 5) is 11.1. The van der Waals surface area contributed by atoms with Crippen LogP contribution in [-0.2, 0) is 14.3 Å². The SMILES string of the molecule is C=C(C)C(=O)OCC(C)(C)C1CO1. The second-order valence-corrected chi connectivity index (χ2v) is 4.17. The fourth-order valence-electron chi connectivity index (χ4n) is 0.967. The molecular formula is C10H16O3. The van der Waals surface area contributed by atoms with Gasteiger partial charge >= 0.3 is 5.97 Å². The molecule has 0 aromatic rings. The number of esters is 1. The lowest BCUT2D eigenvalue weighted by Gasteiger charge is -2.21. The van der Waals surface area contributed by atoms with E-state index in [1.807, 2.05) is 13.8 Å². The van der Waals surface area contributed by atoms with E-state index in [1.54, 1.807) is 6.92 Å². The van der Waals surface area contributed by atoms with Crippen molar-refractivity contribution in [1.82, 2.24) is 0 Å². The first-order chi connectivity index (χ1) is 5.93. The maximum atomic E-state index is 11.1. The van der Waals surface area contributed by atoms with E-state index < -0.39 is 0 Å². The minimum Gasteiger partial charge on any atom is -0.462 e. The topological polar surface area (TPSA) is 38.8 Å². The van der Waals surface area contributed by atoms with Crippen molar-refractivity contribution in [2.75, 3.05) is 13.2 Å². The van der Waals surface area contributed by atoms with E-state index in [-0.39, 0.29) is 17.5 Å². The average Bonchev–Trinajstić information content (AvgIpc) is 2.81. The Morgan fingerprint density at radius 1 is 1.69 bits per heavy atom. The Morgan fingerprint density at radius 2 is 2.23 bits per heavy atom. The van der Waals surface area contributed by atoms with Crippen LogP contribution in [0.1, 0.15) is 20.8 Å². The largest absolute Gasteiger partial charge is 0.462 e. The number of ether oxygens (including phenoxy) is 2. The molecule has 0 aromatic heterocycles. The van der Waals surface area contributed by atoms with Crippen molar-refractivity contribution in [2.24, 2.45) is 5.41 Å². The predicted molar refractivity (Wildman–Crippen MR) is 49.3 cm³/mol. The Bertz CT molecular complexity index is 226. The smallest absolute Gasteiger partial charge is 0.333 e. The summed E-state index contributed by atoms with van der Waals surface area (Å²) in [6, 6.07) is 0. The van der Waals surface area contributed by atoms with E-state index in [0.717, 1.165) is 6.61 Å². The van der Waals surface area contributed by atoms with Crippen LogP contribution in [0.5, 0.6) is 0 Å². The van der Waals surface area contributed by atoms with Crippen LogP contribution in [0.3, 0.4) is 0 Å². The molecule has 1 rings (SSSR count). The molecule has 0 aromatic carbocycles. The molecule has 1 aliphatic heterocycles. The van der Waals surface area contributed by atoms with E-state index in [1.165, 1.54) is 0 Å². The molecule has 0 aliphatic carbocycles. The van der Waals surface area contributed by atoms with Crippen LogP contribution in [0.25, 0.3) is 0 Å². The van der Waals surface area contributed by atoms with Gasteiger partial charge in [-0.05, 0) is 6.92 Å². The highest BCUT2D eigenvalue weighted by Gasteiger charge is 2.40. The number of hydrogen-bond acceptors (Lipinski definition) is 3. The number of rotatable bonds is 4. The van der Waals surface area contributed by atoms with Crippen LogP contribution in [-0.4, -0.2) is 25.3 Å². The Hall–Kier alpha value is -0.830. The molecule has 1 heterocycles. The number of carbonyl (C=O) groups is 1. The molecule has 0 saturated carbocycles. The highest BCUT2D eigenvalue weighted by Crippen LogP contribution is 2.32. The summed E-state index contributed by atoms with van der Waals surface area (Å²) in [7, 11) is 0. The Kier molecular flexibility index (Phi) is 2.76. The van der Waals surface area contributed by atoms with Gasteiger partial charge < -0.3 is 9.47 Å². The quantitative estimate of drug-likeness (QED) is 0.378. The second-order valence-electron chi connectivity index (χ2n) is 4.17. The van der Waals surface area contributed by atoms with Crippen LogP contribution >= 0.6 is 0 Å². The lowest BCUT2D eigenvalue weighted by atomic mass is 9.91. The summed E-state index contributed by atoms with van der Waals surface area (Å²) in [6.07, 6.45) is 0.241. The summed E-state index contributed by atoms with van der Waals surface area (Å²) >= 11 is 0. The first-order valence-electron chi connectivity index (χ1n) is 4.38. The molecule has 1 unspecified atom stereocenters. The van der Waals surface area contributed by atoms with Crippen molar-refractivity contribution < 1.29 is 14.3 Å². The molecule has 74 valence electrons. The first-order valence-corrected chi connectivity index (χ1v) is 4.38. The molecule has 0 bridgehead atoms. The third-order valence-electron chi connectivity index (χ3n) is 2.13. The van der Waals surface area contributed by atoms with Gasteiger partial charge in [0.1, 0.15) is 0 Å². The molecular weight excluding hydrogens is 168 g/mol. The summed E-state index contributed by atoms with van der Waals surface area (Å²) in [5.74, 6) is -0.325. The fraction of sp³-hybridized carbons (Fsp3) is 0.700. The van der Waals surface area contributed by atoms with E-state index >= 15 is 0 Å². The van der Waals surface area contributed by atoms with Gasteiger partial charge in [-0.15, -0.1) is 0 Å². The first kappa shape index (κ1) is 10.3. The van der Waals surface area contributed by atoms with Gasteiger partial charge in [0, 0.05) is 11.0 Å². The molecule has 0 amide bonds. The molecule has 1 aliphatic rings. The van der Waals surface area contributed by atoms with Gasteiger partial charge in [-0.1, -0.05) is 20.4 Å². The normalized spacial score (nSPS) is 21.0. The molecule has 13 heavy (non-hydrogen) atoms. The van der Waals surface area contributed by atoms with Crippen LogP contribution in [0.15, 0.2) is 12.2 Å². The maximum Gasteiger partial charge on any atom is 0.333 e. The van der Waals surface area contributed by atoms with Crippen molar-refractivity contribution in [3.05, 3.63) is 12.2 Å². The predicted octanol–water partition coefficient (Wildman–Crippen LogP) is 1.53. The zero-order valence-electron chi connectivity index (χ0n) is 8.42. The molecule has 1 fully saturated rings. The minimum atomic E-state index is -0.325. The van der Waals surface area contributed by atoms with Gasteiger partial charge in [-0.2, -0.15) is 0 Å². The summed E-state index contributed by atoms with van der Waals surface area (Å²) < 4.78 is 10.2. The van der Waals surface area contributed by atoms with Crippen molar-refractivity contribution in [3.8, 4) is 0 Å². The third kappa shape index (κ3) is 2.84. The third-order valence-corrected chi connectivity index (χ3v) is 2.13. The zero-order chi connectivity index (χ0) is 10.1. The Balaban J connectivity index is 2.32. The average molecular weight is 184 g/mol. The summed E-state index contributed by atoms with van der Waals surface area (Å²) in [5.41, 5.74) is 0.359. The van der Waals surface area contributed by atoms with Crippen molar-refractivity contribution in [1.29, 1.82) is 0 Å². The molecule has 1 saturated heterocycles. The zero-order valence-corrected chi connectivity index (χ0v) is 8.42. The monoisotopic (exact) mass is 184 g/mol. The van der Waals surface area contributed by atoms with E-state index in [9.17, 15) is 4.79 Å². The van der Waals surface area contributed by atoms with Crippen molar-refractivity contribution in [3.63, 3.8) is 0 Å². The lowest BCUT2D eigenvalue weighted by Crippen LogP contribution is -2.27. The number of hydrogen-bond donors (Lipinski definition) is 0.